The minimum absolute atomic E-state index is 0.188. The lowest BCUT2D eigenvalue weighted by molar-refractivity contribution is -0.120. The SMILES string of the molecule is COC(C)CCC(=O)CC1Cc2ccccc21. The number of ketones is 1. The molecule has 17 heavy (non-hydrogen) atoms. The summed E-state index contributed by atoms with van der Waals surface area (Å²) in [6.45, 7) is 2.01. The summed E-state index contributed by atoms with van der Waals surface area (Å²) in [6, 6.07) is 8.43. The van der Waals surface area contributed by atoms with E-state index in [0.717, 1.165) is 12.8 Å². The molecule has 1 aliphatic carbocycles. The van der Waals surface area contributed by atoms with Crippen LogP contribution in [0.3, 0.4) is 0 Å². The van der Waals surface area contributed by atoms with E-state index in [1.807, 2.05) is 6.92 Å². The number of ether oxygens (including phenoxy) is 1. The van der Waals surface area contributed by atoms with E-state index in [1.165, 1.54) is 11.1 Å². The Balaban J connectivity index is 1.78. The van der Waals surface area contributed by atoms with E-state index < -0.39 is 0 Å². The summed E-state index contributed by atoms with van der Waals surface area (Å²) < 4.78 is 5.15. The zero-order valence-corrected chi connectivity index (χ0v) is 10.6. The van der Waals surface area contributed by atoms with E-state index in [0.29, 0.717) is 24.5 Å². The standard InChI is InChI=1S/C15H20O2/c1-11(17-2)7-8-14(16)10-13-9-12-5-3-4-6-15(12)13/h3-6,11,13H,7-10H2,1-2H3. The minimum Gasteiger partial charge on any atom is -0.382 e. The molecule has 0 N–H and O–H groups in total. The largest absolute Gasteiger partial charge is 0.382 e. The number of methoxy groups -OCH3 is 1. The van der Waals surface area contributed by atoms with Crippen LogP contribution in [0.5, 0.6) is 0 Å². The molecule has 92 valence electrons. The van der Waals surface area contributed by atoms with Gasteiger partial charge in [-0.15, -0.1) is 0 Å². The third-order valence-corrected chi connectivity index (χ3v) is 3.67. The summed E-state index contributed by atoms with van der Waals surface area (Å²) in [6.07, 6.45) is 3.44. The molecule has 0 aliphatic heterocycles. The maximum Gasteiger partial charge on any atom is 0.133 e. The summed E-state index contributed by atoms with van der Waals surface area (Å²) in [4.78, 5) is 11.8. The van der Waals surface area contributed by atoms with Crippen LogP contribution < -0.4 is 0 Å². The van der Waals surface area contributed by atoms with E-state index in [1.54, 1.807) is 7.11 Å². The second-order valence-electron chi connectivity index (χ2n) is 4.93. The van der Waals surface area contributed by atoms with Gasteiger partial charge in [-0.3, -0.25) is 4.79 Å². The molecule has 0 saturated heterocycles. The molecule has 2 atom stereocenters. The number of carbonyl (C=O) groups is 1. The van der Waals surface area contributed by atoms with E-state index in [-0.39, 0.29) is 6.10 Å². The number of rotatable bonds is 6. The summed E-state index contributed by atoms with van der Waals surface area (Å²) in [5.41, 5.74) is 2.79. The summed E-state index contributed by atoms with van der Waals surface area (Å²) >= 11 is 0. The molecule has 0 aromatic heterocycles. The molecule has 0 spiro atoms. The molecule has 2 unspecified atom stereocenters. The molecule has 1 aliphatic rings. The smallest absolute Gasteiger partial charge is 0.133 e. The van der Waals surface area contributed by atoms with Crippen molar-refractivity contribution in [2.75, 3.05) is 7.11 Å². The molecule has 2 rings (SSSR count). The molecule has 1 aromatic rings. The fraction of sp³-hybridized carbons (Fsp3) is 0.533. The van der Waals surface area contributed by atoms with Crippen molar-refractivity contribution < 1.29 is 9.53 Å². The fourth-order valence-electron chi connectivity index (χ4n) is 2.40. The van der Waals surface area contributed by atoms with Gasteiger partial charge in [0.25, 0.3) is 0 Å². The first kappa shape index (κ1) is 12.3. The molecule has 0 fully saturated rings. The fourth-order valence-corrected chi connectivity index (χ4v) is 2.40. The Bertz CT molecular complexity index is 398. The van der Waals surface area contributed by atoms with E-state index in [9.17, 15) is 4.79 Å². The van der Waals surface area contributed by atoms with Crippen LogP contribution >= 0.6 is 0 Å². The predicted molar refractivity (Wildman–Crippen MR) is 68.2 cm³/mol. The van der Waals surface area contributed by atoms with Crippen molar-refractivity contribution in [2.45, 2.75) is 44.6 Å². The summed E-state index contributed by atoms with van der Waals surface area (Å²) in [5.74, 6) is 0.838. The highest BCUT2D eigenvalue weighted by molar-refractivity contribution is 5.79. The highest BCUT2D eigenvalue weighted by atomic mass is 16.5. The Hall–Kier alpha value is -1.15. The first-order valence-electron chi connectivity index (χ1n) is 6.33. The monoisotopic (exact) mass is 232 g/mol. The van der Waals surface area contributed by atoms with Crippen molar-refractivity contribution in [1.82, 2.24) is 0 Å². The first-order chi connectivity index (χ1) is 8.20. The van der Waals surface area contributed by atoms with Crippen molar-refractivity contribution in [3.63, 3.8) is 0 Å². The van der Waals surface area contributed by atoms with Crippen LogP contribution in [-0.4, -0.2) is 19.0 Å². The molecular formula is C15H20O2. The van der Waals surface area contributed by atoms with Crippen molar-refractivity contribution in [1.29, 1.82) is 0 Å². The van der Waals surface area contributed by atoms with Crippen LogP contribution in [0.15, 0.2) is 24.3 Å². The topological polar surface area (TPSA) is 26.3 Å². The lowest BCUT2D eigenvalue weighted by atomic mass is 9.75. The summed E-state index contributed by atoms with van der Waals surface area (Å²) in [7, 11) is 1.69. The predicted octanol–water partition coefficient (Wildman–Crippen LogP) is 3.10. The number of benzene rings is 1. The van der Waals surface area contributed by atoms with Gasteiger partial charge in [0.15, 0.2) is 0 Å². The average Bonchev–Trinajstić information content (AvgIpc) is 2.33. The van der Waals surface area contributed by atoms with Crippen LogP contribution in [-0.2, 0) is 16.0 Å². The quantitative estimate of drug-likeness (QED) is 0.753. The zero-order chi connectivity index (χ0) is 12.3. The maximum atomic E-state index is 11.8. The number of hydrogen-bond donors (Lipinski definition) is 0. The molecule has 2 heteroatoms. The molecule has 0 heterocycles. The number of fused-ring (bicyclic) bond motifs is 1. The first-order valence-corrected chi connectivity index (χ1v) is 6.33. The maximum absolute atomic E-state index is 11.8. The molecule has 2 nitrogen and oxygen atoms in total. The van der Waals surface area contributed by atoms with Gasteiger partial charge >= 0.3 is 0 Å². The number of hydrogen-bond acceptors (Lipinski definition) is 2. The van der Waals surface area contributed by atoms with Crippen molar-refractivity contribution >= 4 is 5.78 Å². The lowest BCUT2D eigenvalue weighted by Gasteiger charge is -2.29. The van der Waals surface area contributed by atoms with Crippen molar-refractivity contribution in [3.8, 4) is 0 Å². The Kier molecular flexibility index (Phi) is 3.95. The van der Waals surface area contributed by atoms with E-state index >= 15 is 0 Å². The van der Waals surface area contributed by atoms with Gasteiger partial charge in [0.2, 0.25) is 0 Å². The van der Waals surface area contributed by atoms with Crippen molar-refractivity contribution in [2.24, 2.45) is 0 Å². The number of Topliss-reactive ketones (excluding diaryl/α,β-unsaturated/α-hetero) is 1. The molecule has 1 aromatic carbocycles. The zero-order valence-electron chi connectivity index (χ0n) is 10.6. The van der Waals surface area contributed by atoms with Crippen LogP contribution in [0, 0.1) is 0 Å². The Labute approximate surface area is 103 Å². The Morgan fingerprint density at radius 2 is 2.24 bits per heavy atom. The third-order valence-electron chi connectivity index (χ3n) is 3.67. The Morgan fingerprint density at radius 1 is 1.47 bits per heavy atom. The van der Waals surface area contributed by atoms with Gasteiger partial charge in [0.1, 0.15) is 5.78 Å². The third kappa shape index (κ3) is 2.95. The van der Waals surface area contributed by atoms with E-state index in [4.69, 9.17) is 4.74 Å². The summed E-state index contributed by atoms with van der Waals surface area (Å²) in [5, 5.41) is 0. The van der Waals surface area contributed by atoms with Gasteiger partial charge < -0.3 is 4.74 Å². The molecule has 0 bridgehead atoms. The molecule has 0 saturated carbocycles. The van der Waals surface area contributed by atoms with Gasteiger partial charge in [0.05, 0.1) is 6.10 Å². The highest BCUT2D eigenvalue weighted by Gasteiger charge is 2.27. The minimum atomic E-state index is 0.188. The molecular weight excluding hydrogens is 212 g/mol. The molecule has 0 amide bonds. The van der Waals surface area contributed by atoms with Gasteiger partial charge in [-0.25, -0.2) is 0 Å². The van der Waals surface area contributed by atoms with Crippen molar-refractivity contribution in [3.05, 3.63) is 35.4 Å². The second kappa shape index (κ2) is 5.46. The average molecular weight is 232 g/mol. The van der Waals surface area contributed by atoms with Crippen LogP contribution in [0.1, 0.15) is 43.2 Å². The lowest BCUT2D eigenvalue weighted by Crippen LogP contribution is -2.20. The van der Waals surface area contributed by atoms with Crippen LogP contribution in [0.25, 0.3) is 0 Å². The number of carbonyl (C=O) groups excluding carboxylic acids is 1. The molecule has 0 radical (unpaired) electrons. The van der Waals surface area contributed by atoms with Crippen LogP contribution in [0.4, 0.5) is 0 Å². The second-order valence-corrected chi connectivity index (χ2v) is 4.93. The van der Waals surface area contributed by atoms with E-state index in [2.05, 4.69) is 24.3 Å². The van der Waals surface area contributed by atoms with Gasteiger partial charge in [-0.2, -0.15) is 0 Å². The highest BCUT2D eigenvalue weighted by Crippen LogP contribution is 2.37. The van der Waals surface area contributed by atoms with Gasteiger partial charge in [-0.05, 0) is 36.8 Å². The Morgan fingerprint density at radius 3 is 2.94 bits per heavy atom. The van der Waals surface area contributed by atoms with Gasteiger partial charge in [-0.1, -0.05) is 24.3 Å². The normalized spacial score (nSPS) is 19.3. The van der Waals surface area contributed by atoms with Crippen LogP contribution in [0.2, 0.25) is 0 Å². The van der Waals surface area contributed by atoms with Gasteiger partial charge in [0, 0.05) is 20.0 Å².